The molecule has 1 aliphatic heterocycles. The van der Waals surface area contributed by atoms with Gasteiger partial charge in [0, 0.05) is 13.1 Å². The van der Waals surface area contributed by atoms with Crippen molar-refractivity contribution in [1.82, 2.24) is 10.2 Å². The Morgan fingerprint density at radius 1 is 1.16 bits per heavy atom. The van der Waals surface area contributed by atoms with E-state index in [0.29, 0.717) is 10.8 Å². The van der Waals surface area contributed by atoms with Crippen molar-refractivity contribution >= 4 is 27.1 Å². The van der Waals surface area contributed by atoms with Gasteiger partial charge in [0.15, 0.2) is 0 Å². The van der Waals surface area contributed by atoms with Gasteiger partial charge in [0.2, 0.25) is 9.84 Å². The summed E-state index contributed by atoms with van der Waals surface area (Å²) < 4.78 is 25.5. The van der Waals surface area contributed by atoms with E-state index >= 15 is 0 Å². The molecule has 2 heterocycles. The molecule has 1 aliphatic rings. The zero-order chi connectivity index (χ0) is 17.9. The summed E-state index contributed by atoms with van der Waals surface area (Å²) in [6, 6.07) is 11.5. The molecule has 0 unspecified atom stereocenters. The van der Waals surface area contributed by atoms with E-state index in [1.54, 1.807) is 36.4 Å². The molecule has 0 bridgehead atoms. The molecule has 1 N–H and O–H groups in total. The summed E-state index contributed by atoms with van der Waals surface area (Å²) in [4.78, 5) is 15.2. The lowest BCUT2D eigenvalue weighted by molar-refractivity contribution is 0.0696. The van der Waals surface area contributed by atoms with Gasteiger partial charge in [-0.3, -0.25) is 4.79 Å². The number of rotatable bonds is 5. The zero-order valence-corrected chi connectivity index (χ0v) is 15.8. The summed E-state index contributed by atoms with van der Waals surface area (Å²) in [5, 5.41) is 3.18. The molecule has 1 amide bonds. The van der Waals surface area contributed by atoms with Crippen molar-refractivity contribution in [3.05, 3.63) is 47.3 Å². The molecule has 0 aliphatic carbocycles. The normalized spacial score (nSPS) is 16.1. The lowest BCUT2D eigenvalue weighted by atomic mass is 9.97. The standard InChI is InChI=1S/C18H22N2O3S2/c1-19-13-14-9-11-20(12-10-14)18(21)16-7-8-17(24-16)25(22,23)15-5-3-2-4-6-15/h2-8,14,19H,9-13H2,1H3. The van der Waals surface area contributed by atoms with E-state index in [1.807, 2.05) is 11.9 Å². The van der Waals surface area contributed by atoms with Crippen LogP contribution in [0.15, 0.2) is 51.6 Å². The second-order valence-corrected chi connectivity index (χ2v) is 9.49. The zero-order valence-electron chi connectivity index (χ0n) is 14.1. The Labute approximate surface area is 152 Å². The molecule has 134 valence electrons. The molecule has 1 aromatic carbocycles. The van der Waals surface area contributed by atoms with Crippen LogP contribution in [0.4, 0.5) is 0 Å². The van der Waals surface area contributed by atoms with Crippen molar-refractivity contribution < 1.29 is 13.2 Å². The van der Waals surface area contributed by atoms with Gasteiger partial charge in [-0.25, -0.2) is 8.42 Å². The lowest BCUT2D eigenvalue weighted by Gasteiger charge is -2.31. The first-order chi connectivity index (χ1) is 12.0. The second-order valence-electron chi connectivity index (χ2n) is 6.23. The van der Waals surface area contributed by atoms with Crippen LogP contribution in [0, 0.1) is 5.92 Å². The number of nitrogens with one attached hydrogen (secondary N) is 1. The van der Waals surface area contributed by atoms with E-state index in [1.165, 1.54) is 6.07 Å². The van der Waals surface area contributed by atoms with Crippen molar-refractivity contribution in [2.24, 2.45) is 5.92 Å². The highest BCUT2D eigenvalue weighted by Gasteiger charge is 2.26. The SMILES string of the molecule is CNCC1CCN(C(=O)c2ccc(S(=O)(=O)c3ccccc3)s2)CC1. The summed E-state index contributed by atoms with van der Waals surface area (Å²) in [5.74, 6) is 0.536. The summed E-state index contributed by atoms with van der Waals surface area (Å²) >= 11 is 1.06. The van der Waals surface area contributed by atoms with Crippen LogP contribution in [0.3, 0.4) is 0 Å². The molecular weight excluding hydrogens is 356 g/mol. The second kappa shape index (κ2) is 7.68. The minimum Gasteiger partial charge on any atom is -0.338 e. The van der Waals surface area contributed by atoms with Gasteiger partial charge in [0.05, 0.1) is 9.77 Å². The van der Waals surface area contributed by atoms with E-state index in [9.17, 15) is 13.2 Å². The van der Waals surface area contributed by atoms with Crippen LogP contribution in [0.5, 0.6) is 0 Å². The fourth-order valence-electron chi connectivity index (χ4n) is 3.08. The number of carbonyl (C=O) groups is 1. The molecule has 0 saturated carbocycles. The first-order valence-electron chi connectivity index (χ1n) is 8.36. The smallest absolute Gasteiger partial charge is 0.263 e. The van der Waals surface area contributed by atoms with E-state index in [2.05, 4.69) is 5.32 Å². The predicted molar refractivity (Wildman–Crippen MR) is 98.8 cm³/mol. The number of nitrogens with zero attached hydrogens (tertiary/aromatic N) is 1. The molecule has 7 heteroatoms. The van der Waals surface area contributed by atoms with E-state index < -0.39 is 9.84 Å². The molecule has 3 rings (SSSR count). The number of likely N-dealkylation sites (tertiary alicyclic amines) is 1. The van der Waals surface area contributed by atoms with Crippen molar-refractivity contribution in [3.63, 3.8) is 0 Å². The maximum atomic E-state index is 12.7. The van der Waals surface area contributed by atoms with Crippen molar-refractivity contribution in [3.8, 4) is 0 Å². The van der Waals surface area contributed by atoms with Gasteiger partial charge < -0.3 is 10.2 Å². The number of hydrogen-bond donors (Lipinski definition) is 1. The Bertz CT molecular complexity index is 823. The monoisotopic (exact) mass is 378 g/mol. The van der Waals surface area contributed by atoms with E-state index in [0.717, 1.165) is 43.8 Å². The summed E-state index contributed by atoms with van der Waals surface area (Å²) in [6.07, 6.45) is 1.96. The molecule has 1 aromatic heterocycles. The summed E-state index contributed by atoms with van der Waals surface area (Å²) in [5.41, 5.74) is 0. The lowest BCUT2D eigenvalue weighted by Crippen LogP contribution is -2.40. The maximum absolute atomic E-state index is 12.7. The quantitative estimate of drug-likeness (QED) is 0.869. The Balaban J connectivity index is 1.73. The highest BCUT2D eigenvalue weighted by atomic mass is 32.2. The van der Waals surface area contributed by atoms with Gasteiger partial charge in [-0.05, 0) is 56.6 Å². The third-order valence-electron chi connectivity index (χ3n) is 4.51. The minimum absolute atomic E-state index is 0.0672. The van der Waals surface area contributed by atoms with Gasteiger partial charge >= 0.3 is 0 Å². The Morgan fingerprint density at radius 2 is 1.84 bits per heavy atom. The Hall–Kier alpha value is -1.70. The van der Waals surface area contributed by atoms with Gasteiger partial charge in [-0.15, -0.1) is 11.3 Å². The molecule has 1 saturated heterocycles. The van der Waals surface area contributed by atoms with Gasteiger partial charge in [0.1, 0.15) is 4.21 Å². The fraction of sp³-hybridized carbons (Fsp3) is 0.389. The number of piperidine rings is 1. The van der Waals surface area contributed by atoms with Gasteiger partial charge in [-0.2, -0.15) is 0 Å². The van der Waals surface area contributed by atoms with Gasteiger partial charge in [0.25, 0.3) is 5.91 Å². The largest absolute Gasteiger partial charge is 0.338 e. The van der Waals surface area contributed by atoms with Crippen molar-refractivity contribution in [2.45, 2.75) is 21.9 Å². The molecule has 5 nitrogen and oxygen atoms in total. The topological polar surface area (TPSA) is 66.5 Å². The fourth-order valence-corrected chi connectivity index (χ4v) is 5.78. The molecule has 0 spiro atoms. The third kappa shape index (κ3) is 3.94. The van der Waals surface area contributed by atoms with Crippen LogP contribution in [-0.4, -0.2) is 45.9 Å². The maximum Gasteiger partial charge on any atom is 0.263 e. The summed E-state index contributed by atoms with van der Waals surface area (Å²) in [7, 11) is -1.62. The number of hydrogen-bond acceptors (Lipinski definition) is 5. The minimum atomic E-state index is -3.56. The average Bonchev–Trinajstić information content (AvgIpc) is 3.14. The highest BCUT2D eigenvalue weighted by molar-refractivity contribution is 7.93. The number of sulfone groups is 1. The Kier molecular flexibility index (Phi) is 5.56. The summed E-state index contributed by atoms with van der Waals surface area (Å²) in [6.45, 7) is 2.42. The number of carbonyl (C=O) groups excluding carboxylic acids is 1. The van der Waals surface area contributed by atoms with Crippen LogP contribution in [0.1, 0.15) is 22.5 Å². The molecule has 2 aromatic rings. The molecule has 0 radical (unpaired) electrons. The van der Waals surface area contributed by atoms with E-state index in [-0.39, 0.29) is 15.0 Å². The van der Waals surface area contributed by atoms with E-state index in [4.69, 9.17) is 0 Å². The number of benzene rings is 1. The van der Waals surface area contributed by atoms with Crippen LogP contribution in [0.2, 0.25) is 0 Å². The van der Waals surface area contributed by atoms with Crippen LogP contribution >= 0.6 is 11.3 Å². The molecule has 1 fully saturated rings. The van der Waals surface area contributed by atoms with Gasteiger partial charge in [-0.1, -0.05) is 18.2 Å². The molecular formula is C18H22N2O3S2. The predicted octanol–water partition coefficient (Wildman–Crippen LogP) is 2.65. The number of amides is 1. The van der Waals surface area contributed by atoms with Crippen LogP contribution < -0.4 is 5.32 Å². The van der Waals surface area contributed by atoms with Crippen LogP contribution in [-0.2, 0) is 9.84 Å². The first-order valence-corrected chi connectivity index (χ1v) is 10.7. The van der Waals surface area contributed by atoms with Crippen molar-refractivity contribution in [2.75, 3.05) is 26.7 Å². The molecule has 25 heavy (non-hydrogen) atoms. The Morgan fingerprint density at radius 3 is 2.48 bits per heavy atom. The molecule has 0 atom stereocenters. The first kappa shape index (κ1) is 18.1. The van der Waals surface area contributed by atoms with Crippen molar-refractivity contribution in [1.29, 1.82) is 0 Å². The highest BCUT2D eigenvalue weighted by Crippen LogP contribution is 2.29. The third-order valence-corrected chi connectivity index (χ3v) is 7.84. The number of thiophene rings is 1. The van der Waals surface area contributed by atoms with Crippen LogP contribution in [0.25, 0.3) is 0 Å². The average molecular weight is 379 g/mol.